The first kappa shape index (κ1) is 24.2. The zero-order valence-corrected chi connectivity index (χ0v) is 19.5. The summed E-state index contributed by atoms with van der Waals surface area (Å²) in [6, 6.07) is 8.27. The quantitative estimate of drug-likeness (QED) is 0.378. The van der Waals surface area contributed by atoms with E-state index in [0.29, 0.717) is 35.0 Å². The van der Waals surface area contributed by atoms with Crippen molar-refractivity contribution in [1.29, 1.82) is 0 Å². The van der Waals surface area contributed by atoms with E-state index in [1.54, 1.807) is 30.2 Å². The summed E-state index contributed by atoms with van der Waals surface area (Å²) in [6.07, 6.45) is -0.284. The predicted molar refractivity (Wildman–Crippen MR) is 126 cm³/mol. The maximum absolute atomic E-state index is 13.9. The monoisotopic (exact) mass is 509 g/mol. The molecule has 2 N–H and O–H groups in total. The van der Waals surface area contributed by atoms with Gasteiger partial charge in [-0.05, 0) is 36.2 Å². The number of anilines is 1. The van der Waals surface area contributed by atoms with Crippen molar-refractivity contribution in [2.24, 2.45) is 7.05 Å². The Kier molecular flexibility index (Phi) is 5.77. The lowest BCUT2D eigenvalue weighted by Crippen LogP contribution is -2.21. The van der Waals surface area contributed by atoms with Gasteiger partial charge in [-0.2, -0.15) is 18.3 Å². The third-order valence-corrected chi connectivity index (χ3v) is 6.12. The first-order chi connectivity index (χ1) is 17.5. The van der Waals surface area contributed by atoms with Gasteiger partial charge in [-0.15, -0.1) is 0 Å². The van der Waals surface area contributed by atoms with Crippen LogP contribution in [-0.2, 0) is 13.2 Å². The number of benzene rings is 2. The van der Waals surface area contributed by atoms with Crippen LogP contribution in [0, 0.1) is 12.7 Å². The number of amides is 2. The van der Waals surface area contributed by atoms with E-state index in [-0.39, 0.29) is 11.3 Å². The molecule has 2 aromatic carbocycles. The number of rotatable bonds is 4. The lowest BCUT2D eigenvalue weighted by molar-refractivity contribution is -0.137. The summed E-state index contributed by atoms with van der Waals surface area (Å²) in [4.78, 5) is 30.6. The highest BCUT2D eigenvalue weighted by molar-refractivity contribution is 6.10. The van der Waals surface area contributed by atoms with E-state index in [1.807, 2.05) is 25.1 Å². The second kappa shape index (κ2) is 8.84. The number of fused-ring (bicyclic) bond motifs is 1. The van der Waals surface area contributed by atoms with E-state index in [1.165, 1.54) is 6.20 Å². The molecule has 0 fully saturated rings. The van der Waals surface area contributed by atoms with Crippen LogP contribution < -0.4 is 10.6 Å². The molecule has 1 unspecified atom stereocenters. The molecule has 2 amide bonds. The Morgan fingerprint density at radius 1 is 1.14 bits per heavy atom. The second-order valence-electron chi connectivity index (χ2n) is 8.66. The Hall–Kier alpha value is -4.54. The summed E-state index contributed by atoms with van der Waals surface area (Å²) in [7, 11) is 1.71. The van der Waals surface area contributed by atoms with Crippen LogP contribution in [0.2, 0.25) is 0 Å². The molecule has 188 valence electrons. The van der Waals surface area contributed by atoms with Crippen molar-refractivity contribution in [1.82, 2.24) is 20.1 Å². The number of hydrogen-bond acceptors (Lipinski definition) is 4. The van der Waals surface area contributed by atoms with Gasteiger partial charge in [0.25, 0.3) is 11.8 Å². The Morgan fingerprint density at radius 3 is 2.57 bits per heavy atom. The molecule has 0 saturated heterocycles. The average molecular weight is 509 g/mol. The van der Waals surface area contributed by atoms with Gasteiger partial charge in [-0.3, -0.25) is 19.3 Å². The van der Waals surface area contributed by atoms with Crippen LogP contribution in [0.4, 0.5) is 23.2 Å². The van der Waals surface area contributed by atoms with Crippen molar-refractivity contribution < 1.29 is 27.2 Å². The number of halogens is 4. The number of nitrogens with one attached hydrogen (secondary N) is 2. The highest BCUT2D eigenvalue weighted by Gasteiger charge is 2.37. The molecule has 5 rings (SSSR count). The fourth-order valence-electron chi connectivity index (χ4n) is 4.42. The molecule has 37 heavy (non-hydrogen) atoms. The molecule has 7 nitrogen and oxygen atoms in total. The van der Waals surface area contributed by atoms with E-state index in [2.05, 4.69) is 20.7 Å². The molecule has 2 aromatic heterocycles. The van der Waals surface area contributed by atoms with Crippen LogP contribution >= 0.6 is 0 Å². The highest BCUT2D eigenvalue weighted by Crippen LogP contribution is 2.41. The minimum absolute atomic E-state index is 0.108. The van der Waals surface area contributed by atoms with Gasteiger partial charge in [0.1, 0.15) is 5.82 Å². The molecule has 0 bridgehead atoms. The van der Waals surface area contributed by atoms with Gasteiger partial charge < -0.3 is 10.6 Å². The van der Waals surface area contributed by atoms with Crippen molar-refractivity contribution >= 4 is 17.5 Å². The summed E-state index contributed by atoms with van der Waals surface area (Å²) in [5, 5.41) is 9.59. The molecular formula is C26H19F4N5O2. The van der Waals surface area contributed by atoms with Crippen LogP contribution in [0.25, 0.3) is 11.3 Å². The maximum Gasteiger partial charge on any atom is 0.416 e. The standard InChI is InChI=1S/C26H19F4N5O2/c1-13-5-3-4-6-18(13)23-20-19(33-24(36)14-7-16(26(28,29)30)9-17(27)8-14)11-31-22(21(20)25(37)34-23)15-10-32-35(2)12-15/h3-12,23H,1-2H3,(H,33,36)(H,34,37). The van der Waals surface area contributed by atoms with Gasteiger partial charge in [0.15, 0.2) is 0 Å². The van der Waals surface area contributed by atoms with Crippen LogP contribution in [0.5, 0.6) is 0 Å². The normalized spacial score (nSPS) is 14.9. The van der Waals surface area contributed by atoms with Gasteiger partial charge in [0.2, 0.25) is 0 Å². The molecule has 1 aliphatic rings. The number of aryl methyl sites for hydroxylation is 2. The van der Waals surface area contributed by atoms with Crippen molar-refractivity contribution in [3.63, 3.8) is 0 Å². The van der Waals surface area contributed by atoms with Crippen molar-refractivity contribution in [2.75, 3.05) is 5.32 Å². The summed E-state index contributed by atoms with van der Waals surface area (Å²) in [5.74, 6) is -2.62. The summed E-state index contributed by atoms with van der Waals surface area (Å²) < 4.78 is 55.0. The van der Waals surface area contributed by atoms with E-state index < -0.39 is 41.0 Å². The topological polar surface area (TPSA) is 88.9 Å². The number of nitrogens with zero attached hydrogens (tertiary/aromatic N) is 3. The molecule has 4 aromatic rings. The van der Waals surface area contributed by atoms with Crippen LogP contribution in [0.3, 0.4) is 0 Å². The van der Waals surface area contributed by atoms with Crippen LogP contribution in [0.15, 0.2) is 61.1 Å². The van der Waals surface area contributed by atoms with Crippen LogP contribution in [-0.4, -0.2) is 26.6 Å². The van der Waals surface area contributed by atoms with Gasteiger partial charge in [-0.1, -0.05) is 24.3 Å². The first-order valence-electron chi connectivity index (χ1n) is 11.1. The molecule has 0 radical (unpaired) electrons. The third kappa shape index (κ3) is 4.44. The molecule has 1 aliphatic heterocycles. The highest BCUT2D eigenvalue weighted by atomic mass is 19.4. The fraction of sp³-hybridized carbons (Fsp3) is 0.154. The van der Waals surface area contributed by atoms with Gasteiger partial charge in [0, 0.05) is 29.9 Å². The largest absolute Gasteiger partial charge is 0.416 e. The SMILES string of the molecule is Cc1ccccc1C1NC(=O)c2c(-c3cnn(C)c3)ncc(NC(=O)c3cc(F)cc(C(F)(F)F)c3)c21. The Balaban J connectivity index is 1.64. The Bertz CT molecular complexity index is 1560. The molecule has 3 heterocycles. The average Bonchev–Trinajstić information content (AvgIpc) is 3.42. The van der Waals surface area contributed by atoms with Crippen molar-refractivity contribution in [3.8, 4) is 11.3 Å². The number of pyridine rings is 1. The Labute approximate surface area is 208 Å². The van der Waals surface area contributed by atoms with E-state index in [4.69, 9.17) is 0 Å². The van der Waals surface area contributed by atoms with E-state index >= 15 is 0 Å². The second-order valence-corrected chi connectivity index (χ2v) is 8.66. The van der Waals surface area contributed by atoms with Gasteiger partial charge in [-0.25, -0.2) is 4.39 Å². The van der Waals surface area contributed by atoms with Crippen molar-refractivity contribution in [2.45, 2.75) is 19.1 Å². The van der Waals surface area contributed by atoms with Gasteiger partial charge >= 0.3 is 6.18 Å². The summed E-state index contributed by atoms with van der Waals surface area (Å²) in [6.45, 7) is 1.87. The molecule has 0 saturated carbocycles. The maximum atomic E-state index is 13.9. The molecule has 11 heteroatoms. The smallest absolute Gasteiger partial charge is 0.341 e. The minimum atomic E-state index is -4.84. The minimum Gasteiger partial charge on any atom is -0.341 e. The number of carbonyl (C=O) groups excluding carboxylic acids is 2. The lowest BCUT2D eigenvalue weighted by Gasteiger charge is -2.19. The zero-order chi connectivity index (χ0) is 26.5. The van der Waals surface area contributed by atoms with Crippen LogP contribution in [0.1, 0.15) is 49.0 Å². The van der Waals surface area contributed by atoms with Gasteiger partial charge in [0.05, 0.1) is 40.9 Å². The number of carbonyl (C=O) groups is 2. The number of hydrogen-bond donors (Lipinski definition) is 2. The van der Waals surface area contributed by atoms with E-state index in [9.17, 15) is 27.2 Å². The first-order valence-corrected chi connectivity index (χ1v) is 11.1. The number of alkyl halides is 3. The lowest BCUT2D eigenvalue weighted by atomic mass is 9.93. The third-order valence-electron chi connectivity index (χ3n) is 6.12. The number of aromatic nitrogens is 3. The fourth-order valence-corrected chi connectivity index (χ4v) is 4.42. The van der Waals surface area contributed by atoms with E-state index in [0.717, 1.165) is 11.1 Å². The predicted octanol–water partition coefficient (Wildman–Crippen LogP) is 5.03. The summed E-state index contributed by atoms with van der Waals surface area (Å²) in [5.41, 5.74) is 1.43. The Morgan fingerprint density at radius 2 is 1.89 bits per heavy atom. The molecular weight excluding hydrogens is 490 g/mol. The molecule has 0 aliphatic carbocycles. The summed E-state index contributed by atoms with van der Waals surface area (Å²) >= 11 is 0. The molecule has 1 atom stereocenters. The van der Waals surface area contributed by atoms with Crippen molar-refractivity contribution in [3.05, 3.63) is 100 Å². The zero-order valence-electron chi connectivity index (χ0n) is 19.5. The molecule has 0 spiro atoms.